The van der Waals surface area contributed by atoms with Gasteiger partial charge in [0.2, 0.25) is 0 Å². The Labute approximate surface area is 302 Å². The number of benzene rings is 6. The van der Waals surface area contributed by atoms with Crippen LogP contribution in [0.5, 0.6) is 0 Å². The number of thiophene rings is 2. The highest BCUT2D eigenvalue weighted by Gasteiger charge is 2.53. The van der Waals surface area contributed by atoms with Crippen molar-refractivity contribution in [3.8, 4) is 20.9 Å². The molecule has 2 heterocycles. The molecule has 0 spiro atoms. The van der Waals surface area contributed by atoms with Crippen LogP contribution in [0.3, 0.4) is 0 Å². The third-order valence-electron chi connectivity index (χ3n) is 11.4. The normalized spacial score (nSPS) is 14.7. The van der Waals surface area contributed by atoms with Crippen molar-refractivity contribution in [3.63, 3.8) is 0 Å². The summed E-state index contributed by atoms with van der Waals surface area (Å²) < 4.78 is 2.84. The zero-order chi connectivity index (χ0) is 33.8. The molecule has 0 saturated heterocycles. The molecule has 0 N–H and O–H groups in total. The molecule has 2 aliphatic rings. The first-order valence-electron chi connectivity index (χ1n) is 17.5. The van der Waals surface area contributed by atoms with Crippen LogP contribution in [0.1, 0.15) is 66.8 Å². The van der Waals surface area contributed by atoms with Crippen LogP contribution in [0.4, 0.5) is 0 Å². The number of fused-ring (bicyclic) bond motifs is 9. The molecule has 50 heavy (non-hydrogen) atoms. The summed E-state index contributed by atoms with van der Waals surface area (Å²) in [6.07, 6.45) is 0. The molecule has 0 aliphatic heterocycles. The monoisotopic (exact) mass is 676 g/mol. The van der Waals surface area contributed by atoms with Gasteiger partial charge in [-0.2, -0.15) is 0 Å². The fourth-order valence-electron chi connectivity index (χ4n) is 9.03. The Bertz CT molecular complexity index is 2320. The summed E-state index contributed by atoms with van der Waals surface area (Å²) in [6, 6.07) is 55.8. The Kier molecular flexibility index (Phi) is 6.41. The van der Waals surface area contributed by atoms with E-state index in [1.54, 1.807) is 0 Å². The molecule has 10 rings (SSSR count). The van der Waals surface area contributed by atoms with Crippen molar-refractivity contribution in [2.45, 2.75) is 38.5 Å². The third-order valence-corrected chi connectivity index (χ3v) is 14.0. The molecule has 2 heteroatoms. The lowest BCUT2D eigenvalue weighted by Gasteiger charge is -2.34. The quantitative estimate of drug-likeness (QED) is 0.174. The van der Waals surface area contributed by atoms with Crippen LogP contribution in [0, 0.1) is 27.7 Å². The molecule has 0 radical (unpaired) electrons. The molecule has 8 aromatic rings. The molecular formula is C48H36S2. The first-order valence-corrected chi connectivity index (χ1v) is 19.1. The van der Waals surface area contributed by atoms with Crippen LogP contribution in [0.15, 0.2) is 146 Å². The average Bonchev–Trinajstić information content (AvgIpc) is 3.85. The van der Waals surface area contributed by atoms with E-state index in [0.29, 0.717) is 0 Å². The molecule has 0 amide bonds. The maximum atomic E-state index is 2.38. The van der Waals surface area contributed by atoms with E-state index in [1.807, 2.05) is 22.7 Å². The third kappa shape index (κ3) is 3.81. The Morgan fingerprint density at radius 1 is 0.340 bits per heavy atom. The summed E-state index contributed by atoms with van der Waals surface area (Å²) in [5, 5.41) is 0. The molecule has 0 atom stereocenters. The topological polar surface area (TPSA) is 0 Å². The van der Waals surface area contributed by atoms with Crippen molar-refractivity contribution in [2.75, 3.05) is 0 Å². The van der Waals surface area contributed by atoms with E-state index in [9.17, 15) is 0 Å². The molecule has 0 bridgehead atoms. The Balaban J connectivity index is 1.38. The number of rotatable bonds is 4. The Morgan fingerprint density at radius 2 is 0.620 bits per heavy atom. The van der Waals surface area contributed by atoms with Crippen LogP contribution in [0.2, 0.25) is 0 Å². The summed E-state index contributed by atoms with van der Waals surface area (Å²) in [4.78, 5) is 2.81. The van der Waals surface area contributed by atoms with Gasteiger partial charge in [0, 0.05) is 20.9 Å². The average molecular weight is 677 g/mol. The van der Waals surface area contributed by atoms with Gasteiger partial charge in [0.05, 0.1) is 20.2 Å². The highest BCUT2D eigenvalue weighted by Crippen LogP contribution is 2.68. The Hall–Kier alpha value is -5.02. The van der Waals surface area contributed by atoms with Crippen LogP contribution >= 0.6 is 22.7 Å². The number of hydrogen-bond acceptors (Lipinski definition) is 2. The van der Waals surface area contributed by atoms with Gasteiger partial charge < -0.3 is 0 Å². The van der Waals surface area contributed by atoms with Crippen molar-refractivity contribution in [2.24, 2.45) is 0 Å². The van der Waals surface area contributed by atoms with Gasteiger partial charge in [-0.25, -0.2) is 0 Å². The van der Waals surface area contributed by atoms with Crippen molar-refractivity contribution in [1.82, 2.24) is 0 Å². The summed E-state index contributed by atoms with van der Waals surface area (Å²) in [5.41, 5.74) is 18.0. The minimum Gasteiger partial charge on any atom is -0.134 e. The molecule has 0 saturated carbocycles. The van der Waals surface area contributed by atoms with Crippen LogP contribution < -0.4 is 0 Å². The van der Waals surface area contributed by atoms with Crippen LogP contribution in [-0.2, 0) is 10.8 Å². The van der Waals surface area contributed by atoms with Crippen molar-refractivity contribution in [1.29, 1.82) is 0 Å². The molecular weight excluding hydrogens is 641 g/mol. The lowest BCUT2D eigenvalue weighted by Crippen LogP contribution is -2.29. The van der Waals surface area contributed by atoms with Gasteiger partial charge in [-0.05, 0) is 72.2 Å². The fourth-order valence-corrected chi connectivity index (χ4v) is 12.2. The summed E-state index contributed by atoms with van der Waals surface area (Å²) in [6.45, 7) is 8.76. The number of aryl methyl sites for hydroxylation is 4. The zero-order valence-electron chi connectivity index (χ0n) is 28.7. The minimum atomic E-state index is -0.430. The standard InChI is InChI=1S/C48H36S2/c1-29-13-21-33(22-14-29)47(34-23-15-30(2)16-24-34)39-11-7-5-9-37(39)43-41(47)45-46(49-43)42-44(50-45)38-10-6-8-12-40(38)48(42,35-25-17-31(3)18-26-35)36-27-19-32(4)20-28-36/h5-28H,1-4H3. The maximum absolute atomic E-state index is 2.38. The van der Waals surface area contributed by atoms with E-state index >= 15 is 0 Å². The summed E-state index contributed by atoms with van der Waals surface area (Å²) in [5.74, 6) is 0. The van der Waals surface area contributed by atoms with E-state index in [4.69, 9.17) is 0 Å². The first-order chi connectivity index (χ1) is 24.4. The van der Waals surface area contributed by atoms with Crippen LogP contribution in [-0.4, -0.2) is 0 Å². The second kappa shape index (κ2) is 10.7. The van der Waals surface area contributed by atoms with Gasteiger partial charge in [0.1, 0.15) is 0 Å². The maximum Gasteiger partial charge on any atom is 0.0736 e. The molecule has 2 aromatic heterocycles. The highest BCUT2D eigenvalue weighted by atomic mass is 32.1. The minimum absolute atomic E-state index is 0.430. The van der Waals surface area contributed by atoms with Crippen molar-refractivity contribution in [3.05, 3.63) is 212 Å². The van der Waals surface area contributed by atoms with Crippen molar-refractivity contribution < 1.29 is 0 Å². The van der Waals surface area contributed by atoms with E-state index in [-0.39, 0.29) is 0 Å². The smallest absolute Gasteiger partial charge is 0.0736 e. The highest BCUT2D eigenvalue weighted by molar-refractivity contribution is 7.32. The second-order valence-electron chi connectivity index (χ2n) is 14.3. The lowest BCUT2D eigenvalue weighted by atomic mass is 9.66. The van der Waals surface area contributed by atoms with Crippen molar-refractivity contribution >= 4 is 32.1 Å². The van der Waals surface area contributed by atoms with E-state index in [1.165, 1.54) is 97.0 Å². The summed E-state index contributed by atoms with van der Waals surface area (Å²) in [7, 11) is 0. The SMILES string of the molecule is Cc1ccc(C2(c3ccc(C)cc3)c3ccccc3-c3sc4c5c(sc4c32)-c2ccccc2C5(c2ccc(C)cc2)c2ccc(C)cc2)cc1. The van der Waals surface area contributed by atoms with E-state index in [0.717, 1.165) is 0 Å². The number of hydrogen-bond donors (Lipinski definition) is 0. The van der Waals surface area contributed by atoms with Gasteiger partial charge in [-0.1, -0.05) is 168 Å². The fraction of sp³-hybridized carbons (Fsp3) is 0.125. The molecule has 2 aliphatic carbocycles. The molecule has 0 nitrogen and oxygen atoms in total. The van der Waals surface area contributed by atoms with Gasteiger partial charge in [-0.3, -0.25) is 0 Å². The first kappa shape index (κ1) is 29.9. The van der Waals surface area contributed by atoms with Gasteiger partial charge in [0.15, 0.2) is 0 Å². The molecule has 0 fully saturated rings. The van der Waals surface area contributed by atoms with Gasteiger partial charge in [-0.15, -0.1) is 22.7 Å². The van der Waals surface area contributed by atoms with Crippen LogP contribution in [0.25, 0.3) is 30.3 Å². The van der Waals surface area contributed by atoms with E-state index in [2.05, 4.69) is 173 Å². The lowest BCUT2D eigenvalue weighted by molar-refractivity contribution is 0.773. The summed E-state index contributed by atoms with van der Waals surface area (Å²) >= 11 is 4.04. The molecule has 240 valence electrons. The van der Waals surface area contributed by atoms with E-state index < -0.39 is 10.8 Å². The molecule has 0 unspecified atom stereocenters. The van der Waals surface area contributed by atoms with Gasteiger partial charge in [0.25, 0.3) is 0 Å². The zero-order valence-corrected chi connectivity index (χ0v) is 30.3. The Morgan fingerprint density at radius 3 is 0.920 bits per heavy atom. The van der Waals surface area contributed by atoms with Gasteiger partial charge >= 0.3 is 0 Å². The molecule has 6 aromatic carbocycles. The largest absolute Gasteiger partial charge is 0.134 e. The predicted molar refractivity (Wildman–Crippen MR) is 213 cm³/mol. The predicted octanol–water partition coefficient (Wildman–Crippen LogP) is 12.9. The second-order valence-corrected chi connectivity index (χ2v) is 16.4.